The first-order valence-corrected chi connectivity index (χ1v) is 8.20. The number of aliphatic hydroxyl groups is 1. The molecular weight excluding hydrogens is 278 g/mol. The van der Waals surface area contributed by atoms with Gasteiger partial charge in [0.25, 0.3) is 0 Å². The van der Waals surface area contributed by atoms with Crippen molar-refractivity contribution in [2.75, 3.05) is 0 Å². The van der Waals surface area contributed by atoms with E-state index in [0.29, 0.717) is 6.42 Å². The summed E-state index contributed by atoms with van der Waals surface area (Å²) in [6.07, 6.45) is 5.92. The fourth-order valence-electron chi connectivity index (χ4n) is 2.00. The lowest BCUT2D eigenvalue weighted by molar-refractivity contribution is -0.146. The average molecular weight is 309 g/mol. The van der Waals surface area contributed by atoms with Gasteiger partial charge in [-0.1, -0.05) is 75.8 Å². The number of carboxylic acids is 1. The maximum Gasteiger partial charge on any atom is 0.332 e. The Morgan fingerprint density at radius 1 is 1.09 bits per heavy atom. The van der Waals surface area contributed by atoms with E-state index in [9.17, 15) is 4.79 Å². The standard InChI is InChI=1S/C10H20O3.C8H11N/c1-2-3-4-5-6-7-8-9(11)10(12)13;1-7(9)8-5-3-2-4-6-8/h9,11H,2-8H2,1H3,(H,12,13);2-7H,9H2,1H3/t9-;/m1./s1. The molecule has 1 aromatic carbocycles. The molecule has 1 aromatic rings. The number of aliphatic carboxylic acids is 1. The molecule has 1 rings (SSSR count). The van der Waals surface area contributed by atoms with E-state index in [-0.39, 0.29) is 6.04 Å². The Morgan fingerprint density at radius 3 is 2.09 bits per heavy atom. The summed E-state index contributed by atoms with van der Waals surface area (Å²) in [6.45, 7) is 4.14. The van der Waals surface area contributed by atoms with Gasteiger partial charge in [0, 0.05) is 6.04 Å². The predicted octanol–water partition coefficient (Wildman–Crippen LogP) is 3.89. The summed E-state index contributed by atoms with van der Waals surface area (Å²) in [5, 5.41) is 17.3. The van der Waals surface area contributed by atoms with Crippen molar-refractivity contribution < 1.29 is 15.0 Å². The molecule has 4 heteroatoms. The van der Waals surface area contributed by atoms with Crippen molar-refractivity contribution in [3.8, 4) is 0 Å². The van der Waals surface area contributed by atoms with Gasteiger partial charge in [-0.05, 0) is 18.9 Å². The van der Waals surface area contributed by atoms with Crippen LogP contribution in [0.1, 0.15) is 70.4 Å². The quantitative estimate of drug-likeness (QED) is 0.604. The lowest BCUT2D eigenvalue weighted by atomic mass is 10.1. The smallest absolute Gasteiger partial charge is 0.332 e. The molecule has 4 N–H and O–H groups in total. The van der Waals surface area contributed by atoms with Crippen molar-refractivity contribution in [3.63, 3.8) is 0 Å². The van der Waals surface area contributed by atoms with Gasteiger partial charge in [0.1, 0.15) is 0 Å². The van der Waals surface area contributed by atoms with E-state index in [1.54, 1.807) is 0 Å². The molecule has 0 aliphatic carbocycles. The molecule has 0 heterocycles. The summed E-state index contributed by atoms with van der Waals surface area (Å²) in [5.41, 5.74) is 6.81. The van der Waals surface area contributed by atoms with Crippen molar-refractivity contribution in [2.24, 2.45) is 5.73 Å². The Balaban J connectivity index is 0.000000425. The third-order valence-electron chi connectivity index (χ3n) is 3.44. The fourth-order valence-corrected chi connectivity index (χ4v) is 2.00. The van der Waals surface area contributed by atoms with Gasteiger partial charge in [-0.2, -0.15) is 0 Å². The predicted molar refractivity (Wildman–Crippen MR) is 90.7 cm³/mol. The number of aliphatic hydroxyl groups excluding tert-OH is 1. The molecular formula is C18H31NO3. The third kappa shape index (κ3) is 11.3. The van der Waals surface area contributed by atoms with Gasteiger partial charge in [-0.15, -0.1) is 0 Å². The van der Waals surface area contributed by atoms with Crippen LogP contribution in [0.5, 0.6) is 0 Å². The van der Waals surface area contributed by atoms with Gasteiger partial charge in [0.2, 0.25) is 0 Å². The topological polar surface area (TPSA) is 83.5 Å². The van der Waals surface area contributed by atoms with Gasteiger partial charge in [0.05, 0.1) is 0 Å². The van der Waals surface area contributed by atoms with Crippen molar-refractivity contribution in [1.29, 1.82) is 0 Å². The Hall–Kier alpha value is -1.39. The number of hydrogen-bond acceptors (Lipinski definition) is 3. The molecule has 22 heavy (non-hydrogen) atoms. The first-order chi connectivity index (χ1) is 10.5. The van der Waals surface area contributed by atoms with Crippen LogP contribution in [-0.4, -0.2) is 22.3 Å². The van der Waals surface area contributed by atoms with Crippen molar-refractivity contribution in [1.82, 2.24) is 0 Å². The van der Waals surface area contributed by atoms with Crippen LogP contribution in [-0.2, 0) is 4.79 Å². The van der Waals surface area contributed by atoms with Crippen LogP contribution >= 0.6 is 0 Å². The monoisotopic (exact) mass is 309 g/mol. The highest BCUT2D eigenvalue weighted by atomic mass is 16.4. The first kappa shape index (κ1) is 20.6. The normalized spacial score (nSPS) is 12.9. The minimum absolute atomic E-state index is 0.159. The van der Waals surface area contributed by atoms with E-state index < -0.39 is 12.1 Å². The second-order valence-electron chi connectivity index (χ2n) is 5.61. The van der Waals surface area contributed by atoms with Gasteiger partial charge in [0.15, 0.2) is 6.10 Å². The second-order valence-corrected chi connectivity index (χ2v) is 5.61. The Bertz CT molecular complexity index is 379. The van der Waals surface area contributed by atoms with Crippen LogP contribution in [0, 0.1) is 0 Å². The number of rotatable bonds is 9. The van der Waals surface area contributed by atoms with Crippen LogP contribution in [0.3, 0.4) is 0 Å². The molecule has 1 unspecified atom stereocenters. The van der Waals surface area contributed by atoms with Crippen LogP contribution in [0.2, 0.25) is 0 Å². The van der Waals surface area contributed by atoms with Gasteiger partial charge in [-0.3, -0.25) is 0 Å². The number of carboxylic acid groups (broad SMARTS) is 1. The molecule has 126 valence electrons. The lowest BCUT2D eigenvalue weighted by Gasteiger charge is -2.04. The summed E-state index contributed by atoms with van der Waals surface area (Å²) in [4.78, 5) is 10.2. The highest BCUT2D eigenvalue weighted by molar-refractivity contribution is 5.71. The largest absolute Gasteiger partial charge is 0.479 e. The molecule has 4 nitrogen and oxygen atoms in total. The van der Waals surface area contributed by atoms with E-state index in [1.165, 1.54) is 24.8 Å². The maximum atomic E-state index is 10.2. The summed E-state index contributed by atoms with van der Waals surface area (Å²) in [5.74, 6) is -1.10. The summed E-state index contributed by atoms with van der Waals surface area (Å²) in [6, 6.07) is 10.2. The van der Waals surface area contributed by atoms with Crippen LogP contribution in [0.25, 0.3) is 0 Å². The van der Waals surface area contributed by atoms with E-state index in [1.807, 2.05) is 37.3 Å². The van der Waals surface area contributed by atoms with Crippen LogP contribution < -0.4 is 5.73 Å². The molecule has 0 fully saturated rings. The number of unbranched alkanes of at least 4 members (excludes halogenated alkanes) is 5. The maximum absolute atomic E-state index is 10.2. The van der Waals surface area contributed by atoms with Gasteiger partial charge < -0.3 is 15.9 Å². The molecule has 0 radical (unpaired) electrons. The Morgan fingerprint density at radius 2 is 1.64 bits per heavy atom. The zero-order valence-electron chi connectivity index (χ0n) is 13.9. The number of benzene rings is 1. The highest BCUT2D eigenvalue weighted by Gasteiger charge is 2.11. The van der Waals surface area contributed by atoms with Crippen LogP contribution in [0.15, 0.2) is 30.3 Å². The van der Waals surface area contributed by atoms with E-state index >= 15 is 0 Å². The van der Waals surface area contributed by atoms with E-state index in [4.69, 9.17) is 15.9 Å². The SMILES string of the molecule is CC(N)c1ccccc1.CCCCCCCC[C@@H](O)C(=O)O. The van der Waals surface area contributed by atoms with Crippen molar-refractivity contribution in [2.45, 2.75) is 70.9 Å². The van der Waals surface area contributed by atoms with Gasteiger partial charge in [-0.25, -0.2) is 4.79 Å². The molecule has 0 aliphatic rings. The molecule has 0 spiro atoms. The molecule has 2 atom stereocenters. The number of nitrogens with two attached hydrogens (primary N) is 1. The second kappa shape index (κ2) is 13.3. The molecule has 0 amide bonds. The van der Waals surface area contributed by atoms with Gasteiger partial charge >= 0.3 is 5.97 Å². The number of hydrogen-bond donors (Lipinski definition) is 3. The summed E-state index contributed by atoms with van der Waals surface area (Å²) < 4.78 is 0. The minimum Gasteiger partial charge on any atom is -0.479 e. The fraction of sp³-hybridized carbons (Fsp3) is 0.611. The molecule has 0 saturated carbocycles. The summed E-state index contributed by atoms with van der Waals surface area (Å²) >= 11 is 0. The highest BCUT2D eigenvalue weighted by Crippen LogP contribution is 2.08. The summed E-state index contributed by atoms with van der Waals surface area (Å²) in [7, 11) is 0. The lowest BCUT2D eigenvalue weighted by Crippen LogP contribution is -2.18. The molecule has 0 bridgehead atoms. The Labute approximate surface area is 134 Å². The van der Waals surface area contributed by atoms with Crippen molar-refractivity contribution in [3.05, 3.63) is 35.9 Å². The third-order valence-corrected chi connectivity index (χ3v) is 3.44. The molecule has 0 aliphatic heterocycles. The minimum atomic E-state index is -1.16. The number of carbonyl (C=O) groups is 1. The molecule has 0 saturated heterocycles. The molecule has 0 aromatic heterocycles. The van der Waals surface area contributed by atoms with Crippen LogP contribution in [0.4, 0.5) is 0 Å². The Kier molecular flexibility index (Phi) is 12.4. The van der Waals surface area contributed by atoms with E-state index in [0.717, 1.165) is 19.3 Å². The van der Waals surface area contributed by atoms with E-state index in [2.05, 4.69) is 6.92 Å². The zero-order chi connectivity index (χ0) is 16.8. The first-order valence-electron chi connectivity index (χ1n) is 8.20. The van der Waals surface area contributed by atoms with Crippen molar-refractivity contribution >= 4 is 5.97 Å². The zero-order valence-corrected chi connectivity index (χ0v) is 13.9. The average Bonchev–Trinajstić information content (AvgIpc) is 2.52.